The molecule has 1 fully saturated rings. The molecule has 0 aromatic carbocycles. The van der Waals surface area contributed by atoms with E-state index >= 15 is 0 Å². The standard InChI is InChI=1S/C14H28O4/c1-4-11(16)14(2,3)12(8-9-15)18-13-7-5-6-10-17-13/h11-13,15-16H,4-10H2,1-3H3/t11-,12+,13?/m1/s1. The minimum atomic E-state index is -0.433. The average molecular weight is 260 g/mol. The van der Waals surface area contributed by atoms with Gasteiger partial charge < -0.3 is 19.7 Å². The first kappa shape index (κ1) is 15.9. The Kier molecular flexibility index (Phi) is 6.57. The van der Waals surface area contributed by atoms with E-state index in [4.69, 9.17) is 9.47 Å². The average Bonchev–Trinajstić information content (AvgIpc) is 2.38. The van der Waals surface area contributed by atoms with E-state index < -0.39 is 6.10 Å². The lowest BCUT2D eigenvalue weighted by molar-refractivity contribution is -0.222. The van der Waals surface area contributed by atoms with Crippen LogP contribution in [0.15, 0.2) is 0 Å². The summed E-state index contributed by atoms with van der Waals surface area (Å²) in [5, 5.41) is 19.3. The zero-order valence-corrected chi connectivity index (χ0v) is 11.9. The highest BCUT2D eigenvalue weighted by atomic mass is 16.7. The molecule has 0 saturated carbocycles. The van der Waals surface area contributed by atoms with Crippen molar-refractivity contribution in [2.75, 3.05) is 13.2 Å². The molecule has 1 aliphatic rings. The summed E-state index contributed by atoms with van der Waals surface area (Å²) in [5.41, 5.74) is -0.377. The molecular weight excluding hydrogens is 232 g/mol. The lowest BCUT2D eigenvalue weighted by atomic mass is 9.78. The summed E-state index contributed by atoms with van der Waals surface area (Å²) < 4.78 is 11.6. The Morgan fingerprint density at radius 1 is 1.39 bits per heavy atom. The van der Waals surface area contributed by atoms with E-state index in [-0.39, 0.29) is 24.4 Å². The van der Waals surface area contributed by atoms with Crippen LogP contribution in [0.3, 0.4) is 0 Å². The molecule has 0 bridgehead atoms. The van der Waals surface area contributed by atoms with Gasteiger partial charge in [-0.2, -0.15) is 0 Å². The number of hydrogen-bond acceptors (Lipinski definition) is 4. The third-order valence-corrected chi connectivity index (χ3v) is 3.92. The van der Waals surface area contributed by atoms with E-state index in [0.717, 1.165) is 25.9 Å². The van der Waals surface area contributed by atoms with Gasteiger partial charge in [-0.3, -0.25) is 0 Å². The first-order valence-corrected chi connectivity index (χ1v) is 7.08. The smallest absolute Gasteiger partial charge is 0.157 e. The first-order valence-electron chi connectivity index (χ1n) is 7.08. The Balaban J connectivity index is 2.62. The fraction of sp³-hybridized carbons (Fsp3) is 1.00. The van der Waals surface area contributed by atoms with Gasteiger partial charge in [0.25, 0.3) is 0 Å². The Bertz CT molecular complexity index is 224. The van der Waals surface area contributed by atoms with Crippen molar-refractivity contribution in [2.24, 2.45) is 5.41 Å². The van der Waals surface area contributed by atoms with E-state index in [9.17, 15) is 10.2 Å². The van der Waals surface area contributed by atoms with Crippen molar-refractivity contribution in [3.63, 3.8) is 0 Å². The third-order valence-electron chi connectivity index (χ3n) is 3.92. The SMILES string of the molecule is CC[C@@H](O)C(C)(C)[C@H](CCO)OC1CCCCO1. The highest BCUT2D eigenvalue weighted by Gasteiger charge is 2.37. The van der Waals surface area contributed by atoms with Crippen LogP contribution >= 0.6 is 0 Å². The van der Waals surface area contributed by atoms with Crippen molar-refractivity contribution >= 4 is 0 Å². The molecule has 1 heterocycles. The Labute approximate surface area is 110 Å². The van der Waals surface area contributed by atoms with Gasteiger partial charge in [-0.25, -0.2) is 0 Å². The summed E-state index contributed by atoms with van der Waals surface area (Å²) in [7, 11) is 0. The summed E-state index contributed by atoms with van der Waals surface area (Å²) in [6, 6.07) is 0. The van der Waals surface area contributed by atoms with E-state index in [2.05, 4.69) is 0 Å². The molecule has 1 aliphatic heterocycles. The van der Waals surface area contributed by atoms with Gasteiger partial charge in [-0.1, -0.05) is 20.8 Å². The molecule has 18 heavy (non-hydrogen) atoms. The van der Waals surface area contributed by atoms with Gasteiger partial charge in [0.1, 0.15) is 0 Å². The normalized spacial score (nSPS) is 24.8. The van der Waals surface area contributed by atoms with Crippen molar-refractivity contribution in [1.29, 1.82) is 0 Å². The van der Waals surface area contributed by atoms with Crippen LogP contribution in [-0.4, -0.2) is 41.9 Å². The summed E-state index contributed by atoms with van der Waals surface area (Å²) in [6.45, 7) is 6.75. The van der Waals surface area contributed by atoms with Crippen molar-refractivity contribution in [2.45, 2.75) is 71.4 Å². The highest BCUT2D eigenvalue weighted by molar-refractivity contribution is 4.86. The van der Waals surface area contributed by atoms with Crippen LogP contribution in [0.5, 0.6) is 0 Å². The maximum atomic E-state index is 10.1. The molecule has 4 nitrogen and oxygen atoms in total. The molecule has 4 heteroatoms. The van der Waals surface area contributed by atoms with Crippen LogP contribution in [0.25, 0.3) is 0 Å². The second kappa shape index (κ2) is 7.43. The lowest BCUT2D eigenvalue weighted by Crippen LogP contribution is -2.44. The van der Waals surface area contributed by atoms with E-state index in [1.807, 2.05) is 20.8 Å². The molecule has 0 amide bonds. The summed E-state index contributed by atoms with van der Waals surface area (Å²) in [6.07, 6.45) is 3.53. The number of ether oxygens (including phenoxy) is 2. The van der Waals surface area contributed by atoms with Crippen LogP contribution in [0.1, 0.15) is 52.9 Å². The fourth-order valence-electron chi connectivity index (χ4n) is 2.48. The van der Waals surface area contributed by atoms with Gasteiger partial charge >= 0.3 is 0 Å². The van der Waals surface area contributed by atoms with Gasteiger partial charge in [0.05, 0.1) is 12.2 Å². The molecule has 3 atom stereocenters. The summed E-state index contributed by atoms with van der Waals surface area (Å²) in [5.74, 6) is 0. The van der Waals surface area contributed by atoms with Gasteiger partial charge in [0, 0.05) is 18.6 Å². The van der Waals surface area contributed by atoms with E-state index in [1.165, 1.54) is 0 Å². The van der Waals surface area contributed by atoms with Gasteiger partial charge in [-0.15, -0.1) is 0 Å². The Morgan fingerprint density at radius 3 is 2.61 bits per heavy atom. The minimum absolute atomic E-state index is 0.0667. The quantitative estimate of drug-likeness (QED) is 0.736. The zero-order chi connectivity index (χ0) is 13.6. The van der Waals surface area contributed by atoms with Crippen LogP contribution in [0.4, 0.5) is 0 Å². The molecule has 0 spiro atoms. The maximum Gasteiger partial charge on any atom is 0.157 e. The molecule has 1 unspecified atom stereocenters. The van der Waals surface area contributed by atoms with E-state index in [1.54, 1.807) is 0 Å². The molecule has 2 N–H and O–H groups in total. The lowest BCUT2D eigenvalue weighted by Gasteiger charge is -2.40. The topological polar surface area (TPSA) is 58.9 Å². The Morgan fingerprint density at radius 2 is 2.11 bits per heavy atom. The second-order valence-electron chi connectivity index (χ2n) is 5.68. The van der Waals surface area contributed by atoms with Gasteiger partial charge in [-0.05, 0) is 32.1 Å². The predicted octanol–water partition coefficient (Wildman–Crippen LogP) is 2.08. The largest absolute Gasteiger partial charge is 0.396 e. The van der Waals surface area contributed by atoms with E-state index in [0.29, 0.717) is 12.8 Å². The first-order chi connectivity index (χ1) is 8.52. The van der Waals surface area contributed by atoms with Crippen molar-refractivity contribution in [3.8, 4) is 0 Å². The monoisotopic (exact) mass is 260 g/mol. The number of rotatable bonds is 7. The maximum absolute atomic E-state index is 10.1. The third kappa shape index (κ3) is 4.19. The number of hydrogen-bond donors (Lipinski definition) is 2. The van der Waals surface area contributed by atoms with Crippen LogP contribution in [0, 0.1) is 5.41 Å². The Hall–Kier alpha value is -0.160. The minimum Gasteiger partial charge on any atom is -0.396 e. The van der Waals surface area contributed by atoms with Crippen molar-refractivity contribution in [3.05, 3.63) is 0 Å². The summed E-state index contributed by atoms with van der Waals surface area (Å²) >= 11 is 0. The molecule has 0 radical (unpaired) electrons. The molecule has 0 aliphatic carbocycles. The molecule has 0 aromatic heterocycles. The van der Waals surface area contributed by atoms with Crippen LogP contribution in [0.2, 0.25) is 0 Å². The predicted molar refractivity (Wildman–Crippen MR) is 70.2 cm³/mol. The number of aliphatic hydroxyl groups is 2. The van der Waals surface area contributed by atoms with Crippen LogP contribution in [-0.2, 0) is 9.47 Å². The van der Waals surface area contributed by atoms with Crippen LogP contribution < -0.4 is 0 Å². The fourth-order valence-corrected chi connectivity index (χ4v) is 2.48. The molecular formula is C14H28O4. The molecule has 1 saturated heterocycles. The van der Waals surface area contributed by atoms with Crippen molar-refractivity contribution in [1.82, 2.24) is 0 Å². The number of aliphatic hydroxyl groups excluding tert-OH is 2. The second-order valence-corrected chi connectivity index (χ2v) is 5.68. The van der Waals surface area contributed by atoms with Gasteiger partial charge in [0.2, 0.25) is 0 Å². The molecule has 1 rings (SSSR count). The zero-order valence-electron chi connectivity index (χ0n) is 11.9. The van der Waals surface area contributed by atoms with Crippen molar-refractivity contribution < 1.29 is 19.7 Å². The molecule has 0 aromatic rings. The molecule has 108 valence electrons. The summed E-state index contributed by atoms with van der Waals surface area (Å²) in [4.78, 5) is 0. The highest BCUT2D eigenvalue weighted by Crippen LogP contribution is 2.33. The van der Waals surface area contributed by atoms with Gasteiger partial charge in [0.15, 0.2) is 6.29 Å².